The van der Waals surface area contributed by atoms with E-state index in [9.17, 15) is 0 Å². The summed E-state index contributed by atoms with van der Waals surface area (Å²) in [6.07, 6.45) is 0. The van der Waals surface area contributed by atoms with Crippen molar-refractivity contribution in [3.63, 3.8) is 0 Å². The number of nitrogens with zero attached hydrogens (tertiary/aromatic N) is 1. The number of hydrogen-bond donors (Lipinski definition) is 3. The van der Waals surface area contributed by atoms with Gasteiger partial charge in [-0.15, -0.1) is 0 Å². The summed E-state index contributed by atoms with van der Waals surface area (Å²) < 4.78 is 0. The van der Waals surface area contributed by atoms with Gasteiger partial charge < -0.3 is 10.6 Å². The second-order valence-electron chi connectivity index (χ2n) is 2.34. The number of nitrogens with one attached hydrogen (secondary N) is 3. The molecular weight excluding hydrogens is 176 g/mol. The van der Waals surface area contributed by atoms with Gasteiger partial charge in [0.2, 0.25) is 0 Å². The standard InChI is InChI=1S/C8H12N4.C2H6/c1-10-6-11-7-4-2-3-5-8(7)12-9;1-2/h2-5,9-11H,6H2,1H3;1-2H3. The molecule has 0 aliphatic carbocycles. The van der Waals surface area contributed by atoms with E-state index >= 15 is 0 Å². The van der Waals surface area contributed by atoms with Gasteiger partial charge >= 0.3 is 0 Å². The van der Waals surface area contributed by atoms with Crippen LogP contribution in [0.2, 0.25) is 0 Å². The number of hydrogen-bond acceptors (Lipinski definition) is 4. The lowest BCUT2D eigenvalue weighted by Crippen LogP contribution is -2.16. The molecular formula is C10H18N4. The third-order valence-electron chi connectivity index (χ3n) is 1.48. The van der Waals surface area contributed by atoms with Gasteiger partial charge in [0.1, 0.15) is 5.69 Å². The molecule has 4 heteroatoms. The first kappa shape index (κ1) is 12.6. The number of rotatable bonds is 4. The third-order valence-corrected chi connectivity index (χ3v) is 1.48. The van der Waals surface area contributed by atoms with Crippen LogP contribution in [0.5, 0.6) is 0 Å². The zero-order valence-electron chi connectivity index (χ0n) is 8.96. The third kappa shape index (κ3) is 4.00. The van der Waals surface area contributed by atoms with Crippen molar-refractivity contribution in [1.29, 1.82) is 5.53 Å². The SMILES string of the molecule is CC.CNCNc1ccccc1N=N. The van der Waals surface area contributed by atoms with Gasteiger partial charge in [-0.05, 0) is 19.2 Å². The Kier molecular flexibility index (Phi) is 7.36. The molecule has 1 aromatic carbocycles. The van der Waals surface area contributed by atoms with E-state index in [1.165, 1.54) is 0 Å². The molecule has 0 unspecified atom stereocenters. The fourth-order valence-corrected chi connectivity index (χ4v) is 0.904. The van der Waals surface area contributed by atoms with Gasteiger partial charge in [0.05, 0.1) is 12.4 Å². The minimum absolute atomic E-state index is 0.660. The highest BCUT2D eigenvalue weighted by molar-refractivity contribution is 5.64. The number of anilines is 1. The van der Waals surface area contributed by atoms with Crippen LogP contribution in [-0.2, 0) is 0 Å². The van der Waals surface area contributed by atoms with Gasteiger partial charge in [-0.2, -0.15) is 5.11 Å². The maximum atomic E-state index is 6.88. The molecule has 0 aliphatic heterocycles. The minimum Gasteiger partial charge on any atom is -0.371 e. The second kappa shape index (κ2) is 8.19. The van der Waals surface area contributed by atoms with Gasteiger partial charge in [0.25, 0.3) is 0 Å². The lowest BCUT2D eigenvalue weighted by molar-refractivity contribution is 0.874. The summed E-state index contributed by atoms with van der Waals surface area (Å²) in [6.45, 7) is 4.67. The lowest BCUT2D eigenvalue weighted by atomic mass is 10.3. The predicted octanol–water partition coefficient (Wildman–Crippen LogP) is 2.96. The molecule has 0 amide bonds. The molecule has 1 aromatic rings. The van der Waals surface area contributed by atoms with Crippen molar-refractivity contribution in [2.75, 3.05) is 19.0 Å². The van der Waals surface area contributed by atoms with Crippen molar-refractivity contribution in [3.8, 4) is 0 Å². The summed E-state index contributed by atoms with van der Waals surface area (Å²) in [5, 5.41) is 9.43. The summed E-state index contributed by atoms with van der Waals surface area (Å²) in [6, 6.07) is 7.46. The maximum Gasteiger partial charge on any atom is 0.108 e. The molecule has 0 heterocycles. The van der Waals surface area contributed by atoms with Gasteiger partial charge in [-0.3, -0.25) is 0 Å². The molecule has 14 heavy (non-hydrogen) atoms. The van der Waals surface area contributed by atoms with Crippen molar-refractivity contribution in [3.05, 3.63) is 24.3 Å². The lowest BCUT2D eigenvalue weighted by Gasteiger charge is -2.06. The average molecular weight is 194 g/mol. The molecule has 0 fully saturated rings. The predicted molar refractivity (Wildman–Crippen MR) is 60.1 cm³/mol. The quantitative estimate of drug-likeness (QED) is 0.509. The van der Waals surface area contributed by atoms with E-state index < -0.39 is 0 Å². The summed E-state index contributed by atoms with van der Waals surface area (Å²) in [7, 11) is 1.85. The first-order valence-electron chi connectivity index (χ1n) is 4.73. The highest BCUT2D eigenvalue weighted by Gasteiger charge is 1.96. The molecule has 0 aromatic heterocycles. The zero-order valence-corrected chi connectivity index (χ0v) is 8.96. The van der Waals surface area contributed by atoms with Crippen LogP contribution in [0.4, 0.5) is 11.4 Å². The summed E-state index contributed by atoms with van der Waals surface area (Å²) in [5.41, 5.74) is 8.42. The molecule has 0 atom stereocenters. The van der Waals surface area contributed by atoms with Crippen LogP contribution < -0.4 is 10.6 Å². The number of para-hydroxylation sites is 2. The fraction of sp³-hybridized carbons (Fsp3) is 0.400. The Morgan fingerprint density at radius 1 is 1.29 bits per heavy atom. The number of benzene rings is 1. The second-order valence-corrected chi connectivity index (χ2v) is 2.34. The highest BCUT2D eigenvalue weighted by Crippen LogP contribution is 2.22. The van der Waals surface area contributed by atoms with E-state index in [0.717, 1.165) is 5.69 Å². The van der Waals surface area contributed by atoms with Gasteiger partial charge in [-0.25, -0.2) is 5.53 Å². The van der Waals surface area contributed by atoms with Crippen molar-refractivity contribution in [2.24, 2.45) is 5.11 Å². The van der Waals surface area contributed by atoms with Crippen LogP contribution in [0.25, 0.3) is 0 Å². The molecule has 0 spiro atoms. The van der Waals surface area contributed by atoms with Crippen molar-refractivity contribution in [2.45, 2.75) is 13.8 Å². The molecule has 0 saturated carbocycles. The van der Waals surface area contributed by atoms with Gasteiger partial charge in [-0.1, -0.05) is 26.0 Å². The molecule has 0 radical (unpaired) electrons. The molecule has 4 nitrogen and oxygen atoms in total. The van der Waals surface area contributed by atoms with E-state index in [-0.39, 0.29) is 0 Å². The Balaban J connectivity index is 0.000000791. The summed E-state index contributed by atoms with van der Waals surface area (Å²) >= 11 is 0. The molecule has 78 valence electrons. The van der Waals surface area contributed by atoms with E-state index in [1.807, 2.05) is 39.1 Å². The van der Waals surface area contributed by atoms with Gasteiger partial charge in [0.15, 0.2) is 0 Å². The van der Waals surface area contributed by atoms with Crippen LogP contribution in [0, 0.1) is 5.53 Å². The van der Waals surface area contributed by atoms with Crippen LogP contribution in [0.1, 0.15) is 13.8 Å². The van der Waals surface area contributed by atoms with Crippen LogP contribution in [-0.4, -0.2) is 13.7 Å². The molecule has 1 rings (SSSR count). The summed E-state index contributed by atoms with van der Waals surface area (Å²) in [4.78, 5) is 0. The molecule has 0 bridgehead atoms. The van der Waals surface area contributed by atoms with Crippen LogP contribution in [0.15, 0.2) is 29.4 Å². The Morgan fingerprint density at radius 2 is 1.93 bits per heavy atom. The Labute approximate surface area is 85.2 Å². The zero-order chi connectivity index (χ0) is 10.8. The summed E-state index contributed by atoms with van der Waals surface area (Å²) in [5.74, 6) is 0. The Morgan fingerprint density at radius 3 is 2.50 bits per heavy atom. The highest BCUT2D eigenvalue weighted by atomic mass is 15.1. The van der Waals surface area contributed by atoms with Crippen molar-refractivity contribution in [1.82, 2.24) is 5.32 Å². The Bertz CT molecular complexity index is 260. The molecule has 0 aliphatic rings. The van der Waals surface area contributed by atoms with E-state index in [1.54, 1.807) is 6.07 Å². The topological polar surface area (TPSA) is 60.3 Å². The van der Waals surface area contributed by atoms with Crippen molar-refractivity contribution >= 4 is 11.4 Å². The van der Waals surface area contributed by atoms with E-state index in [4.69, 9.17) is 5.53 Å². The average Bonchev–Trinajstić information content (AvgIpc) is 2.29. The first-order chi connectivity index (χ1) is 6.88. The largest absolute Gasteiger partial charge is 0.371 e. The fourth-order valence-electron chi connectivity index (χ4n) is 0.904. The van der Waals surface area contributed by atoms with E-state index in [0.29, 0.717) is 12.4 Å². The van der Waals surface area contributed by atoms with Gasteiger partial charge in [0, 0.05) is 0 Å². The smallest absolute Gasteiger partial charge is 0.108 e. The normalized spacial score (nSPS) is 8.50. The van der Waals surface area contributed by atoms with Crippen LogP contribution in [0.3, 0.4) is 0 Å². The van der Waals surface area contributed by atoms with Crippen LogP contribution >= 0.6 is 0 Å². The van der Waals surface area contributed by atoms with Crippen molar-refractivity contribution < 1.29 is 0 Å². The Hall–Kier alpha value is -1.42. The first-order valence-corrected chi connectivity index (χ1v) is 4.73. The maximum absolute atomic E-state index is 6.88. The monoisotopic (exact) mass is 194 g/mol. The van der Waals surface area contributed by atoms with E-state index in [2.05, 4.69) is 15.7 Å². The minimum atomic E-state index is 0.660. The molecule has 3 N–H and O–H groups in total. The molecule has 0 saturated heterocycles.